The summed E-state index contributed by atoms with van der Waals surface area (Å²) in [5, 5.41) is 9.81. The zero-order chi connectivity index (χ0) is 12.3. The standard InChI is InChI=1S/C14H14N2S/c1-3-12-13(8-9-15)17-14(16-12)11-6-4-10(2)5-7-11/h4-7H,3,8H2,1-2H3. The fourth-order valence-corrected chi connectivity index (χ4v) is 2.78. The van der Waals surface area contributed by atoms with Gasteiger partial charge in [-0.1, -0.05) is 36.8 Å². The van der Waals surface area contributed by atoms with Gasteiger partial charge in [0.2, 0.25) is 0 Å². The number of aryl methyl sites for hydroxylation is 2. The van der Waals surface area contributed by atoms with Crippen LogP contribution in [0.2, 0.25) is 0 Å². The monoisotopic (exact) mass is 242 g/mol. The molecule has 0 spiro atoms. The van der Waals surface area contributed by atoms with E-state index in [1.807, 2.05) is 0 Å². The largest absolute Gasteiger partial charge is 0.241 e. The molecule has 0 saturated carbocycles. The van der Waals surface area contributed by atoms with Crippen LogP contribution in [0.5, 0.6) is 0 Å². The van der Waals surface area contributed by atoms with Crippen molar-refractivity contribution in [3.8, 4) is 16.6 Å². The van der Waals surface area contributed by atoms with Gasteiger partial charge in [0.1, 0.15) is 5.01 Å². The molecule has 0 fully saturated rings. The number of hydrogen-bond acceptors (Lipinski definition) is 3. The van der Waals surface area contributed by atoms with Crippen molar-refractivity contribution in [3.05, 3.63) is 40.4 Å². The third-order valence-electron chi connectivity index (χ3n) is 2.65. The van der Waals surface area contributed by atoms with E-state index in [0.29, 0.717) is 6.42 Å². The Balaban J connectivity index is 2.39. The number of rotatable bonds is 3. The van der Waals surface area contributed by atoms with Crippen LogP contribution in [0.1, 0.15) is 23.1 Å². The van der Waals surface area contributed by atoms with Crippen LogP contribution in [0.25, 0.3) is 10.6 Å². The summed E-state index contributed by atoms with van der Waals surface area (Å²) in [6.07, 6.45) is 1.35. The molecule has 0 amide bonds. The Labute approximate surface area is 106 Å². The summed E-state index contributed by atoms with van der Waals surface area (Å²) in [5.41, 5.74) is 3.45. The van der Waals surface area contributed by atoms with Crippen molar-refractivity contribution in [2.75, 3.05) is 0 Å². The quantitative estimate of drug-likeness (QED) is 0.822. The minimum atomic E-state index is 0.465. The van der Waals surface area contributed by atoms with Crippen molar-refractivity contribution in [2.24, 2.45) is 0 Å². The van der Waals surface area contributed by atoms with Crippen LogP contribution < -0.4 is 0 Å². The maximum atomic E-state index is 8.78. The Morgan fingerprint density at radius 2 is 2.00 bits per heavy atom. The maximum Gasteiger partial charge on any atom is 0.123 e. The molecular weight excluding hydrogens is 228 g/mol. The van der Waals surface area contributed by atoms with E-state index in [2.05, 4.69) is 49.2 Å². The van der Waals surface area contributed by atoms with Crippen molar-refractivity contribution >= 4 is 11.3 Å². The number of benzene rings is 1. The molecule has 1 heterocycles. The molecule has 0 saturated heterocycles. The van der Waals surface area contributed by atoms with E-state index in [4.69, 9.17) is 5.26 Å². The predicted octanol–water partition coefficient (Wildman–Crippen LogP) is 3.75. The highest BCUT2D eigenvalue weighted by atomic mass is 32.1. The van der Waals surface area contributed by atoms with E-state index < -0.39 is 0 Å². The first-order chi connectivity index (χ1) is 8.24. The molecule has 86 valence electrons. The lowest BCUT2D eigenvalue weighted by Gasteiger charge is -1.96. The minimum absolute atomic E-state index is 0.465. The summed E-state index contributed by atoms with van der Waals surface area (Å²) < 4.78 is 0. The Morgan fingerprint density at radius 3 is 2.59 bits per heavy atom. The fraction of sp³-hybridized carbons (Fsp3) is 0.286. The normalized spacial score (nSPS) is 10.2. The van der Waals surface area contributed by atoms with Crippen LogP contribution >= 0.6 is 11.3 Å². The molecule has 2 nitrogen and oxygen atoms in total. The third kappa shape index (κ3) is 2.54. The molecule has 1 aromatic carbocycles. The Kier molecular flexibility index (Phi) is 3.55. The summed E-state index contributed by atoms with van der Waals surface area (Å²) in [5.74, 6) is 0. The third-order valence-corrected chi connectivity index (χ3v) is 3.80. The van der Waals surface area contributed by atoms with E-state index in [0.717, 1.165) is 27.6 Å². The number of hydrogen-bond donors (Lipinski definition) is 0. The Morgan fingerprint density at radius 1 is 1.29 bits per heavy atom. The van der Waals surface area contributed by atoms with Crippen LogP contribution in [-0.2, 0) is 12.8 Å². The van der Waals surface area contributed by atoms with E-state index in [9.17, 15) is 0 Å². The molecule has 0 aliphatic heterocycles. The van der Waals surface area contributed by atoms with Crippen LogP contribution in [0.3, 0.4) is 0 Å². The minimum Gasteiger partial charge on any atom is -0.241 e. The predicted molar refractivity (Wildman–Crippen MR) is 71.0 cm³/mol. The molecule has 0 radical (unpaired) electrons. The summed E-state index contributed by atoms with van der Waals surface area (Å²) in [6.45, 7) is 4.15. The van der Waals surface area contributed by atoms with Gasteiger partial charge in [-0.2, -0.15) is 5.26 Å². The highest BCUT2D eigenvalue weighted by Gasteiger charge is 2.10. The lowest BCUT2D eigenvalue weighted by molar-refractivity contribution is 1.03. The molecule has 17 heavy (non-hydrogen) atoms. The molecule has 2 rings (SSSR count). The van der Waals surface area contributed by atoms with E-state index >= 15 is 0 Å². The van der Waals surface area contributed by atoms with Crippen LogP contribution in [0.4, 0.5) is 0 Å². The maximum absolute atomic E-state index is 8.78. The lowest BCUT2D eigenvalue weighted by Crippen LogP contribution is -1.86. The summed E-state index contributed by atoms with van der Waals surface area (Å²) >= 11 is 1.63. The number of thiazole rings is 1. The first kappa shape index (κ1) is 11.8. The number of aromatic nitrogens is 1. The van der Waals surface area contributed by atoms with Crippen molar-refractivity contribution in [3.63, 3.8) is 0 Å². The molecule has 1 aromatic heterocycles. The topological polar surface area (TPSA) is 36.7 Å². The molecule has 3 heteroatoms. The van der Waals surface area contributed by atoms with Crippen LogP contribution in [0.15, 0.2) is 24.3 Å². The van der Waals surface area contributed by atoms with Gasteiger partial charge in [-0.05, 0) is 13.3 Å². The molecule has 0 N–H and O–H groups in total. The zero-order valence-electron chi connectivity index (χ0n) is 10.0. The van der Waals surface area contributed by atoms with Crippen molar-refractivity contribution in [1.29, 1.82) is 5.26 Å². The Hall–Kier alpha value is -1.66. The molecule has 0 unspecified atom stereocenters. The van der Waals surface area contributed by atoms with Gasteiger partial charge in [-0.25, -0.2) is 4.98 Å². The van der Waals surface area contributed by atoms with Crippen molar-refractivity contribution in [1.82, 2.24) is 4.98 Å². The van der Waals surface area contributed by atoms with Gasteiger partial charge in [0.25, 0.3) is 0 Å². The number of nitrogens with zero attached hydrogens (tertiary/aromatic N) is 2. The first-order valence-electron chi connectivity index (χ1n) is 5.67. The average Bonchev–Trinajstić information content (AvgIpc) is 2.74. The van der Waals surface area contributed by atoms with Gasteiger partial charge in [-0.15, -0.1) is 11.3 Å². The molecule has 0 aliphatic carbocycles. The molecule has 0 atom stereocenters. The van der Waals surface area contributed by atoms with Crippen LogP contribution in [0, 0.1) is 18.3 Å². The van der Waals surface area contributed by atoms with E-state index in [-0.39, 0.29) is 0 Å². The number of nitriles is 1. The summed E-state index contributed by atoms with van der Waals surface area (Å²) in [7, 11) is 0. The van der Waals surface area contributed by atoms with Gasteiger partial charge >= 0.3 is 0 Å². The molecule has 2 aromatic rings. The Bertz CT molecular complexity index is 547. The first-order valence-corrected chi connectivity index (χ1v) is 6.48. The smallest absolute Gasteiger partial charge is 0.123 e. The second-order valence-electron chi connectivity index (χ2n) is 3.94. The SMILES string of the molecule is CCc1nc(-c2ccc(C)cc2)sc1CC#N. The molecule has 0 bridgehead atoms. The van der Waals surface area contributed by atoms with E-state index in [1.54, 1.807) is 11.3 Å². The highest BCUT2D eigenvalue weighted by Crippen LogP contribution is 2.28. The van der Waals surface area contributed by atoms with Crippen molar-refractivity contribution < 1.29 is 0 Å². The molecule has 0 aliphatic rings. The summed E-state index contributed by atoms with van der Waals surface area (Å²) in [6, 6.07) is 10.6. The zero-order valence-corrected chi connectivity index (χ0v) is 10.8. The second-order valence-corrected chi connectivity index (χ2v) is 5.03. The molecular formula is C14H14N2S. The fourth-order valence-electron chi connectivity index (χ4n) is 1.69. The van der Waals surface area contributed by atoms with Gasteiger partial charge in [0.05, 0.1) is 18.2 Å². The van der Waals surface area contributed by atoms with Crippen LogP contribution in [-0.4, -0.2) is 4.98 Å². The van der Waals surface area contributed by atoms with Gasteiger partial charge in [-0.3, -0.25) is 0 Å². The summed E-state index contributed by atoms with van der Waals surface area (Å²) in [4.78, 5) is 5.72. The lowest BCUT2D eigenvalue weighted by atomic mass is 10.2. The average molecular weight is 242 g/mol. The van der Waals surface area contributed by atoms with Gasteiger partial charge in [0, 0.05) is 10.4 Å². The van der Waals surface area contributed by atoms with Gasteiger partial charge < -0.3 is 0 Å². The van der Waals surface area contributed by atoms with Crippen molar-refractivity contribution in [2.45, 2.75) is 26.7 Å². The highest BCUT2D eigenvalue weighted by molar-refractivity contribution is 7.15. The van der Waals surface area contributed by atoms with E-state index in [1.165, 1.54) is 5.56 Å². The van der Waals surface area contributed by atoms with Gasteiger partial charge in [0.15, 0.2) is 0 Å². The second kappa shape index (κ2) is 5.11.